The monoisotopic (exact) mass is 1520 g/mol. The number of pyridine rings is 3. The molecule has 11 heteroatoms. The van der Waals surface area contributed by atoms with Crippen molar-refractivity contribution in [3.63, 3.8) is 0 Å². The first-order valence-corrected chi connectivity index (χ1v) is 39.9. The molecule has 7 heterocycles. The van der Waals surface area contributed by atoms with Crippen molar-refractivity contribution in [2.24, 2.45) is 0 Å². The van der Waals surface area contributed by atoms with Gasteiger partial charge >= 0.3 is 0 Å². The van der Waals surface area contributed by atoms with Crippen LogP contribution >= 0.6 is 0 Å². The Labute approximate surface area is 679 Å². The maximum absolute atomic E-state index is 6.20. The summed E-state index contributed by atoms with van der Waals surface area (Å²) in [6, 6.07) is 121. The third-order valence-electron chi connectivity index (χ3n) is 23.8. The number of para-hydroxylation sites is 3. The van der Waals surface area contributed by atoms with Gasteiger partial charge < -0.3 is 13.3 Å². The number of aromatic nitrogens is 8. The van der Waals surface area contributed by atoms with Crippen LogP contribution in [0.1, 0.15) is 49.9 Å². The average molecular weight is 1520 g/mol. The van der Waals surface area contributed by atoms with E-state index in [1.807, 2.05) is 103 Å². The minimum Gasteiger partial charge on any atom is -0.436 e. The molecule has 2 aliphatic carbocycles. The molecule has 0 aliphatic heterocycles. The number of rotatable bonds is 9. The summed E-state index contributed by atoms with van der Waals surface area (Å²) in [5.74, 6) is 2.77. The van der Waals surface area contributed by atoms with E-state index in [0.717, 1.165) is 133 Å². The van der Waals surface area contributed by atoms with Gasteiger partial charge in [-0.1, -0.05) is 228 Å². The molecular formula is C107H72N8O3. The summed E-state index contributed by atoms with van der Waals surface area (Å²) in [6.45, 7) is 9.30. The lowest BCUT2D eigenvalue weighted by Gasteiger charge is -2.22. The fourth-order valence-corrected chi connectivity index (χ4v) is 17.7. The van der Waals surface area contributed by atoms with Gasteiger partial charge in [-0.15, -0.1) is 0 Å². The van der Waals surface area contributed by atoms with Gasteiger partial charge in [-0.25, -0.2) is 19.9 Å². The van der Waals surface area contributed by atoms with Gasteiger partial charge in [0.15, 0.2) is 16.7 Å². The third kappa shape index (κ3) is 12.0. The fourth-order valence-electron chi connectivity index (χ4n) is 17.7. The van der Waals surface area contributed by atoms with Crippen LogP contribution in [0.4, 0.5) is 0 Å². The smallest absolute Gasteiger partial charge is 0.227 e. The quantitative estimate of drug-likeness (QED) is 0.137. The first-order chi connectivity index (χ1) is 57.9. The second-order valence-corrected chi connectivity index (χ2v) is 31.6. The molecule has 2 aliphatic rings. The van der Waals surface area contributed by atoms with Gasteiger partial charge in [0.05, 0.1) is 27.6 Å². The van der Waals surface area contributed by atoms with Crippen LogP contribution in [0.5, 0.6) is 0 Å². The molecular weight excluding hydrogens is 1450 g/mol. The van der Waals surface area contributed by atoms with E-state index in [1.54, 1.807) is 6.20 Å². The Bertz CT molecular complexity index is 7780. The van der Waals surface area contributed by atoms with Crippen LogP contribution in [0.3, 0.4) is 0 Å². The number of benzene rings is 15. The van der Waals surface area contributed by atoms with Crippen molar-refractivity contribution in [3.8, 4) is 118 Å². The molecule has 11 nitrogen and oxygen atoms in total. The van der Waals surface area contributed by atoms with Gasteiger partial charge in [0.25, 0.3) is 0 Å². The normalized spacial score (nSPS) is 12.9. The molecule has 7 aromatic heterocycles. The summed E-state index contributed by atoms with van der Waals surface area (Å²) < 4.78 is 20.6. The Hall–Kier alpha value is -15.3. The molecule has 0 atom stereocenters. The minimum absolute atomic E-state index is 0.0158. The Morgan fingerprint density at radius 1 is 0.237 bits per heavy atom. The Morgan fingerprint density at radius 3 is 1.12 bits per heavy atom. The van der Waals surface area contributed by atoms with E-state index < -0.39 is 0 Å². The Morgan fingerprint density at radius 2 is 0.602 bits per heavy atom. The maximum atomic E-state index is 6.20. The molecule has 558 valence electrons. The Balaban J connectivity index is 0.000000108. The van der Waals surface area contributed by atoms with Gasteiger partial charge in [0.2, 0.25) is 17.7 Å². The van der Waals surface area contributed by atoms with Crippen molar-refractivity contribution in [2.75, 3.05) is 0 Å². The van der Waals surface area contributed by atoms with Crippen molar-refractivity contribution in [2.45, 2.75) is 38.5 Å². The zero-order valence-corrected chi connectivity index (χ0v) is 64.9. The first-order valence-electron chi connectivity index (χ1n) is 39.9. The fraction of sp³-hybridized carbons (Fsp3) is 0.0561. The van der Waals surface area contributed by atoms with Crippen molar-refractivity contribution < 1.29 is 13.3 Å². The number of oxazole rings is 3. The Kier molecular flexibility index (Phi) is 16.3. The van der Waals surface area contributed by atoms with Crippen LogP contribution < -0.4 is 0 Å². The summed E-state index contributed by atoms with van der Waals surface area (Å²) in [5, 5.41) is 5.66. The van der Waals surface area contributed by atoms with E-state index in [2.05, 4.69) is 302 Å². The van der Waals surface area contributed by atoms with Crippen LogP contribution in [0.15, 0.2) is 378 Å². The second kappa shape index (κ2) is 27.8. The molecule has 22 aromatic rings. The first kappa shape index (κ1) is 69.4. The highest BCUT2D eigenvalue weighted by molar-refractivity contribution is 6.06. The highest BCUT2D eigenvalue weighted by Crippen LogP contribution is 2.52. The average Bonchev–Trinajstić information content (AvgIpc) is 1.58. The molecule has 15 aromatic carbocycles. The number of hydrogen-bond acceptors (Lipinski definition) is 10. The molecule has 0 amide bonds. The lowest BCUT2D eigenvalue weighted by atomic mass is 9.81. The number of fused-ring (bicyclic) bond motifs is 14. The molecule has 118 heavy (non-hydrogen) atoms. The van der Waals surface area contributed by atoms with Crippen molar-refractivity contribution in [3.05, 3.63) is 387 Å². The molecule has 0 saturated heterocycles. The van der Waals surface area contributed by atoms with E-state index >= 15 is 0 Å². The van der Waals surface area contributed by atoms with E-state index in [0.29, 0.717) is 17.7 Å². The summed E-state index contributed by atoms with van der Waals surface area (Å²) in [4.78, 5) is 32.8. The van der Waals surface area contributed by atoms with Crippen molar-refractivity contribution in [1.82, 2.24) is 39.5 Å². The highest BCUT2D eigenvalue weighted by atomic mass is 16.4. The van der Waals surface area contributed by atoms with E-state index in [9.17, 15) is 0 Å². The van der Waals surface area contributed by atoms with Crippen LogP contribution in [0.25, 0.3) is 206 Å². The molecule has 0 radical (unpaired) electrons. The SMILES string of the molecule is CC1(C)c2ccccc2-c2ccc(-c3ccc(-c4ccc5oc(-c6ccc7ncccc7c6)nc5c4)c4ccccc34)cc21.CC1(C)c2ccccc2-c2ccc(-c3ccc4oc(-c5ccc6ncccc6c5)nc4c3)cc21.c1ccc(-n2c(-c3ccc(-c4ccc5oc(-c6ccc7ncccc7c6)nc5c4)cc3)nc3ccccc32)cc1. The largest absolute Gasteiger partial charge is 0.436 e. The van der Waals surface area contributed by atoms with Gasteiger partial charge in [0, 0.05) is 73.5 Å². The van der Waals surface area contributed by atoms with E-state index in [1.165, 1.54) is 77.5 Å². The van der Waals surface area contributed by atoms with Crippen LogP contribution in [0.2, 0.25) is 0 Å². The van der Waals surface area contributed by atoms with Gasteiger partial charge in [-0.05, 0) is 245 Å². The molecule has 0 bridgehead atoms. The molecule has 24 rings (SSSR count). The minimum atomic E-state index is -0.0344. The van der Waals surface area contributed by atoms with Crippen molar-refractivity contribution in [1.29, 1.82) is 0 Å². The maximum Gasteiger partial charge on any atom is 0.227 e. The molecule has 0 N–H and O–H groups in total. The zero-order valence-electron chi connectivity index (χ0n) is 64.9. The molecule has 0 unspecified atom stereocenters. The number of hydrogen-bond donors (Lipinski definition) is 0. The summed E-state index contributed by atoms with van der Waals surface area (Å²) in [7, 11) is 0. The highest BCUT2D eigenvalue weighted by Gasteiger charge is 2.37. The molecule has 0 fully saturated rings. The topological polar surface area (TPSA) is 135 Å². The van der Waals surface area contributed by atoms with Gasteiger partial charge in [0.1, 0.15) is 22.4 Å². The van der Waals surface area contributed by atoms with Crippen LogP contribution in [-0.4, -0.2) is 39.5 Å². The van der Waals surface area contributed by atoms with Gasteiger partial charge in [-0.3, -0.25) is 19.5 Å². The molecule has 0 saturated carbocycles. The van der Waals surface area contributed by atoms with Crippen LogP contribution in [-0.2, 0) is 10.8 Å². The molecule has 0 spiro atoms. The lowest BCUT2D eigenvalue weighted by Crippen LogP contribution is -2.14. The second-order valence-electron chi connectivity index (χ2n) is 31.6. The lowest BCUT2D eigenvalue weighted by molar-refractivity contribution is 0.619. The number of imidazole rings is 1. The van der Waals surface area contributed by atoms with Crippen molar-refractivity contribution >= 4 is 87.8 Å². The standard InChI is InChI=1S/C41H28N2O.C35H22N4O.C31H22N2O/c1-41(2)35-12-6-5-11-33(35)34-16-13-25(23-36(34)41)29-17-18-30(32-10-4-3-9-31(29)32)26-15-20-39-38(24-26)43-40(44-39)28-14-19-37-27(22-28)8-7-21-42-37;1-2-8-28(9-3-1)39-32-11-5-4-10-30(32)37-34(39)24-14-12-23(13-15-24)25-17-19-33-31(22-25)38-35(40-33)27-16-18-29-26(21-27)7-6-20-36-29;1-31(2)25-8-4-3-7-23(25)24-12-9-19(17-26(24)31)20-11-14-29-28(18-20)33-30(34-29)22-10-13-27-21(16-22)6-5-15-32-27/h3-24H,1-2H3;1-22H;3-18H,1-2H3. The summed E-state index contributed by atoms with van der Waals surface area (Å²) in [6.07, 6.45) is 5.42. The predicted octanol–water partition coefficient (Wildman–Crippen LogP) is 27.6. The van der Waals surface area contributed by atoms with Gasteiger partial charge in [-0.2, -0.15) is 0 Å². The summed E-state index contributed by atoms with van der Waals surface area (Å²) in [5.41, 5.74) is 35.0. The predicted molar refractivity (Wildman–Crippen MR) is 479 cm³/mol. The van der Waals surface area contributed by atoms with E-state index in [-0.39, 0.29) is 10.8 Å². The number of nitrogens with zero attached hydrogens (tertiary/aromatic N) is 8. The third-order valence-corrected chi connectivity index (χ3v) is 23.8. The summed E-state index contributed by atoms with van der Waals surface area (Å²) >= 11 is 0. The van der Waals surface area contributed by atoms with E-state index in [4.69, 9.17) is 33.2 Å². The zero-order chi connectivity index (χ0) is 78.7. The van der Waals surface area contributed by atoms with Crippen LogP contribution in [0, 0.1) is 0 Å².